The van der Waals surface area contributed by atoms with Gasteiger partial charge in [0.25, 0.3) is 5.91 Å². The fourth-order valence-corrected chi connectivity index (χ4v) is 2.69. The van der Waals surface area contributed by atoms with Crippen LogP contribution in [0.5, 0.6) is 0 Å². The lowest BCUT2D eigenvalue weighted by atomic mass is 10.2. The van der Waals surface area contributed by atoms with E-state index in [1.165, 1.54) is 23.5 Å². The minimum atomic E-state index is -0.539. The lowest BCUT2D eigenvalue weighted by Gasteiger charge is -2.07. The first-order chi connectivity index (χ1) is 11.0. The van der Waals surface area contributed by atoms with E-state index in [2.05, 4.69) is 5.32 Å². The second-order valence-electron chi connectivity index (χ2n) is 5.44. The van der Waals surface area contributed by atoms with Crippen molar-refractivity contribution in [3.8, 4) is 10.4 Å². The molecule has 1 heterocycles. The minimum absolute atomic E-state index is 0.296. The minimum Gasteiger partial charge on any atom is -0.451 e. The Bertz CT molecular complexity index is 679. The summed E-state index contributed by atoms with van der Waals surface area (Å²) < 4.78 is 17.9. The Labute approximate surface area is 138 Å². The Morgan fingerprint density at radius 2 is 1.87 bits per heavy atom. The van der Waals surface area contributed by atoms with Crippen LogP contribution in [-0.2, 0) is 9.53 Å². The van der Waals surface area contributed by atoms with Gasteiger partial charge in [0, 0.05) is 11.4 Å². The molecule has 0 aliphatic carbocycles. The molecule has 1 aromatic heterocycles. The van der Waals surface area contributed by atoms with Gasteiger partial charge < -0.3 is 10.1 Å². The molecule has 23 heavy (non-hydrogen) atoms. The third kappa shape index (κ3) is 5.17. The summed E-state index contributed by atoms with van der Waals surface area (Å²) in [6.45, 7) is 4.21. The van der Waals surface area contributed by atoms with Crippen molar-refractivity contribution in [1.82, 2.24) is 5.32 Å². The Morgan fingerprint density at radius 3 is 2.52 bits per heavy atom. The number of ether oxygens (including phenoxy) is 1. The monoisotopic (exact) mass is 335 g/mol. The molecule has 0 saturated heterocycles. The predicted octanol–water partition coefficient (Wildman–Crippen LogP) is 3.48. The van der Waals surface area contributed by atoms with E-state index in [9.17, 15) is 14.0 Å². The topological polar surface area (TPSA) is 55.4 Å². The number of carbonyl (C=O) groups excluding carboxylic acids is 2. The molecule has 1 aromatic carbocycles. The molecule has 0 saturated carbocycles. The van der Waals surface area contributed by atoms with Crippen molar-refractivity contribution >= 4 is 23.2 Å². The number of esters is 1. The van der Waals surface area contributed by atoms with E-state index in [-0.39, 0.29) is 18.3 Å². The van der Waals surface area contributed by atoms with E-state index in [1.54, 1.807) is 24.3 Å². The van der Waals surface area contributed by atoms with Gasteiger partial charge in [0.05, 0.1) is 0 Å². The molecule has 122 valence electrons. The Morgan fingerprint density at radius 1 is 1.17 bits per heavy atom. The van der Waals surface area contributed by atoms with Crippen molar-refractivity contribution in [3.05, 3.63) is 47.1 Å². The summed E-state index contributed by atoms with van der Waals surface area (Å²) in [6.07, 6.45) is 0. The summed E-state index contributed by atoms with van der Waals surface area (Å²) in [5.74, 6) is -0.826. The fraction of sp³-hybridized carbons (Fsp3) is 0.294. The van der Waals surface area contributed by atoms with E-state index >= 15 is 0 Å². The largest absolute Gasteiger partial charge is 0.451 e. The third-order valence-electron chi connectivity index (χ3n) is 2.98. The van der Waals surface area contributed by atoms with Gasteiger partial charge in [-0.1, -0.05) is 26.0 Å². The van der Waals surface area contributed by atoms with Crippen LogP contribution in [0.15, 0.2) is 36.4 Å². The molecule has 0 radical (unpaired) electrons. The molecule has 4 nitrogen and oxygen atoms in total. The summed E-state index contributed by atoms with van der Waals surface area (Å²) in [5, 5.41) is 2.68. The van der Waals surface area contributed by atoms with Crippen LogP contribution >= 0.6 is 11.3 Å². The number of hydrogen-bond acceptors (Lipinski definition) is 4. The van der Waals surface area contributed by atoms with Crippen LogP contribution in [-0.4, -0.2) is 25.0 Å². The van der Waals surface area contributed by atoms with Crippen LogP contribution in [0, 0.1) is 11.7 Å². The number of benzene rings is 1. The summed E-state index contributed by atoms with van der Waals surface area (Å²) >= 11 is 1.24. The average Bonchev–Trinajstić information content (AvgIpc) is 3.01. The second-order valence-corrected chi connectivity index (χ2v) is 6.53. The van der Waals surface area contributed by atoms with E-state index in [0.29, 0.717) is 17.3 Å². The molecule has 1 amide bonds. The number of amides is 1. The molecule has 0 unspecified atom stereocenters. The summed E-state index contributed by atoms with van der Waals surface area (Å²) in [6, 6.07) is 9.44. The van der Waals surface area contributed by atoms with Crippen molar-refractivity contribution in [2.24, 2.45) is 5.92 Å². The molecule has 1 N–H and O–H groups in total. The van der Waals surface area contributed by atoms with E-state index in [4.69, 9.17) is 4.74 Å². The number of nitrogens with one attached hydrogen (secondary N) is 1. The predicted molar refractivity (Wildman–Crippen MR) is 87.8 cm³/mol. The highest BCUT2D eigenvalue weighted by molar-refractivity contribution is 7.17. The summed E-state index contributed by atoms with van der Waals surface area (Å²) in [4.78, 5) is 24.7. The zero-order valence-corrected chi connectivity index (χ0v) is 13.8. The van der Waals surface area contributed by atoms with Crippen LogP contribution in [0.2, 0.25) is 0 Å². The van der Waals surface area contributed by atoms with Crippen molar-refractivity contribution < 1.29 is 18.7 Å². The number of carbonyl (C=O) groups is 2. The molecule has 0 fully saturated rings. The zero-order valence-electron chi connectivity index (χ0n) is 13.0. The molecule has 2 aromatic rings. The van der Waals surface area contributed by atoms with Crippen LogP contribution < -0.4 is 5.32 Å². The van der Waals surface area contributed by atoms with E-state index in [0.717, 1.165) is 10.4 Å². The first-order valence-electron chi connectivity index (χ1n) is 7.25. The maximum absolute atomic E-state index is 12.9. The number of hydrogen-bond donors (Lipinski definition) is 1. The van der Waals surface area contributed by atoms with Gasteiger partial charge in [0.1, 0.15) is 10.7 Å². The van der Waals surface area contributed by atoms with Crippen LogP contribution in [0.4, 0.5) is 4.39 Å². The van der Waals surface area contributed by atoms with Gasteiger partial charge in [-0.05, 0) is 35.7 Å². The molecule has 0 aliphatic rings. The average molecular weight is 335 g/mol. The van der Waals surface area contributed by atoms with Gasteiger partial charge in [-0.2, -0.15) is 0 Å². The van der Waals surface area contributed by atoms with Crippen molar-refractivity contribution in [2.75, 3.05) is 13.2 Å². The lowest BCUT2D eigenvalue weighted by molar-refractivity contribution is -0.124. The van der Waals surface area contributed by atoms with Crippen molar-refractivity contribution in [3.63, 3.8) is 0 Å². The lowest BCUT2D eigenvalue weighted by Crippen LogP contribution is -2.31. The van der Waals surface area contributed by atoms with Gasteiger partial charge in [-0.25, -0.2) is 9.18 Å². The van der Waals surface area contributed by atoms with Crippen molar-refractivity contribution in [1.29, 1.82) is 0 Å². The Balaban J connectivity index is 1.91. The standard InChI is InChI=1S/C17H18FNO3S/c1-11(2)9-19-16(20)10-22-17(21)15-8-7-14(23-15)12-3-5-13(18)6-4-12/h3-8,11H,9-10H2,1-2H3,(H,19,20). The smallest absolute Gasteiger partial charge is 0.348 e. The van der Waals surface area contributed by atoms with E-state index < -0.39 is 5.97 Å². The highest BCUT2D eigenvalue weighted by Gasteiger charge is 2.13. The molecule has 2 rings (SSSR count). The van der Waals surface area contributed by atoms with Crippen LogP contribution in [0.1, 0.15) is 23.5 Å². The molecular formula is C17H18FNO3S. The summed E-state index contributed by atoms with van der Waals surface area (Å²) in [7, 11) is 0. The number of halogens is 1. The highest BCUT2D eigenvalue weighted by Crippen LogP contribution is 2.28. The van der Waals surface area contributed by atoms with Gasteiger partial charge in [0.2, 0.25) is 0 Å². The van der Waals surface area contributed by atoms with Gasteiger partial charge in [0.15, 0.2) is 6.61 Å². The van der Waals surface area contributed by atoms with E-state index in [1.807, 2.05) is 13.8 Å². The molecule has 0 atom stereocenters. The third-order valence-corrected chi connectivity index (χ3v) is 4.09. The quantitative estimate of drug-likeness (QED) is 0.822. The summed E-state index contributed by atoms with van der Waals surface area (Å²) in [5.41, 5.74) is 0.824. The molecule has 0 bridgehead atoms. The molecule has 0 spiro atoms. The van der Waals surface area contributed by atoms with Crippen LogP contribution in [0.25, 0.3) is 10.4 Å². The number of rotatable bonds is 6. The fourth-order valence-electron chi connectivity index (χ4n) is 1.79. The second kappa shape index (κ2) is 7.87. The maximum Gasteiger partial charge on any atom is 0.348 e. The van der Waals surface area contributed by atoms with Crippen molar-refractivity contribution in [2.45, 2.75) is 13.8 Å². The molecule has 0 aliphatic heterocycles. The Hall–Kier alpha value is -2.21. The Kier molecular flexibility index (Phi) is 5.87. The van der Waals surface area contributed by atoms with Gasteiger partial charge in [-0.3, -0.25) is 4.79 Å². The van der Waals surface area contributed by atoms with Gasteiger partial charge in [-0.15, -0.1) is 11.3 Å². The number of thiophene rings is 1. The maximum atomic E-state index is 12.9. The first kappa shape index (κ1) is 17.1. The normalized spacial score (nSPS) is 10.6. The van der Waals surface area contributed by atoms with Crippen LogP contribution in [0.3, 0.4) is 0 Å². The highest BCUT2D eigenvalue weighted by atomic mass is 32.1. The van der Waals surface area contributed by atoms with Gasteiger partial charge >= 0.3 is 5.97 Å². The SMILES string of the molecule is CC(C)CNC(=O)COC(=O)c1ccc(-c2ccc(F)cc2)s1. The molecule has 6 heteroatoms. The molecular weight excluding hydrogens is 317 g/mol. The zero-order chi connectivity index (χ0) is 16.8. The first-order valence-corrected chi connectivity index (χ1v) is 8.07.